The normalized spacial score (nSPS) is 10.8. The molecule has 0 bridgehead atoms. The Bertz CT molecular complexity index is 1040. The van der Waals surface area contributed by atoms with Gasteiger partial charge in [0.2, 0.25) is 23.5 Å². The van der Waals surface area contributed by atoms with Crippen LogP contribution in [0.3, 0.4) is 0 Å². The number of aryl methyl sites for hydroxylation is 1. The van der Waals surface area contributed by atoms with Crippen LogP contribution >= 0.6 is 0 Å². The minimum absolute atomic E-state index is 0.0638. The van der Waals surface area contributed by atoms with Crippen LogP contribution in [-0.2, 0) is 0 Å². The highest BCUT2D eigenvalue weighted by Gasteiger charge is 2.18. The lowest BCUT2D eigenvalue weighted by atomic mass is 10.2. The molecule has 0 unspecified atom stereocenters. The molecule has 4 aromatic rings. The Morgan fingerprint density at radius 3 is 2.65 bits per heavy atom. The number of nitrogens with zero attached hydrogens (tertiary/aromatic N) is 6. The summed E-state index contributed by atoms with van der Waals surface area (Å²) in [5.74, 6) is 1.55. The van der Waals surface area contributed by atoms with E-state index in [1.54, 1.807) is 12.1 Å². The molecule has 0 radical (unpaired) electrons. The van der Waals surface area contributed by atoms with E-state index in [-0.39, 0.29) is 23.5 Å². The minimum Gasteiger partial charge on any atom is -0.459 e. The molecule has 3 heterocycles. The van der Waals surface area contributed by atoms with E-state index in [0.717, 1.165) is 11.3 Å². The zero-order valence-corrected chi connectivity index (χ0v) is 14.1. The first-order chi connectivity index (χ1) is 12.6. The minimum atomic E-state index is 0.0638. The molecule has 130 valence electrons. The molecule has 0 spiro atoms. The van der Waals surface area contributed by atoms with Gasteiger partial charge in [0.1, 0.15) is 0 Å². The number of benzene rings is 1. The Morgan fingerprint density at radius 2 is 1.88 bits per heavy atom. The van der Waals surface area contributed by atoms with E-state index in [9.17, 15) is 0 Å². The maximum Gasteiger partial charge on any atom is 0.294 e. The highest BCUT2D eigenvalue weighted by molar-refractivity contribution is 5.60. The number of hydrogen-bond donors (Lipinski definition) is 1. The van der Waals surface area contributed by atoms with Crippen molar-refractivity contribution in [3.63, 3.8) is 0 Å². The monoisotopic (exact) mass is 349 g/mol. The fourth-order valence-corrected chi connectivity index (χ4v) is 2.40. The van der Waals surface area contributed by atoms with Crippen molar-refractivity contribution < 1.29 is 8.94 Å². The number of nitrogens with two attached hydrogens (primary N) is 1. The zero-order valence-electron chi connectivity index (χ0n) is 14.1. The summed E-state index contributed by atoms with van der Waals surface area (Å²) in [6, 6.07) is 11.4. The van der Waals surface area contributed by atoms with Crippen molar-refractivity contribution in [2.75, 3.05) is 17.7 Å². The average Bonchev–Trinajstić information content (AvgIpc) is 3.32. The summed E-state index contributed by atoms with van der Waals surface area (Å²) in [7, 11) is 1.85. The van der Waals surface area contributed by atoms with Gasteiger partial charge < -0.3 is 19.6 Å². The predicted octanol–water partition coefficient (Wildman–Crippen LogP) is 2.84. The van der Waals surface area contributed by atoms with Crippen LogP contribution in [0.2, 0.25) is 0 Å². The Labute approximate surface area is 148 Å². The van der Waals surface area contributed by atoms with E-state index in [4.69, 9.17) is 14.7 Å². The second-order valence-corrected chi connectivity index (χ2v) is 5.62. The second-order valence-electron chi connectivity index (χ2n) is 5.62. The molecule has 0 amide bonds. The summed E-state index contributed by atoms with van der Waals surface area (Å²) >= 11 is 0. The number of aromatic nitrogens is 5. The van der Waals surface area contributed by atoms with Crippen LogP contribution in [0.1, 0.15) is 5.56 Å². The van der Waals surface area contributed by atoms with Crippen molar-refractivity contribution in [3.8, 4) is 23.3 Å². The van der Waals surface area contributed by atoms with E-state index in [1.807, 2.05) is 43.1 Å². The fraction of sp³-hybridized carbons (Fsp3) is 0.118. The molecule has 0 fully saturated rings. The first-order valence-electron chi connectivity index (χ1n) is 7.80. The highest BCUT2D eigenvalue weighted by Crippen LogP contribution is 2.25. The summed E-state index contributed by atoms with van der Waals surface area (Å²) in [6.07, 6.45) is 1.52. The van der Waals surface area contributed by atoms with Crippen molar-refractivity contribution in [2.24, 2.45) is 0 Å². The van der Waals surface area contributed by atoms with Crippen molar-refractivity contribution in [1.29, 1.82) is 0 Å². The first-order valence-corrected chi connectivity index (χ1v) is 7.80. The SMILES string of the molecule is Cc1cccc(N(C)c2nc(N)nc(-c3noc(-c4ccco4)n3)n2)c1. The van der Waals surface area contributed by atoms with Crippen molar-refractivity contribution in [2.45, 2.75) is 6.92 Å². The standard InChI is InChI=1S/C17H15N7O2/c1-10-5-3-6-11(9-10)24(2)17-21-13(20-16(18)22-17)14-19-15(26-23-14)12-7-4-8-25-12/h3-9H,1-2H3,(H2,18,20,21,22). The van der Waals surface area contributed by atoms with Crippen LogP contribution in [0, 0.1) is 6.92 Å². The largest absolute Gasteiger partial charge is 0.459 e. The van der Waals surface area contributed by atoms with Gasteiger partial charge in [0.05, 0.1) is 6.26 Å². The quantitative estimate of drug-likeness (QED) is 0.592. The summed E-state index contributed by atoms with van der Waals surface area (Å²) in [5.41, 5.74) is 7.90. The van der Waals surface area contributed by atoms with E-state index in [2.05, 4.69) is 25.1 Å². The Kier molecular flexibility index (Phi) is 3.81. The van der Waals surface area contributed by atoms with Gasteiger partial charge in [-0.25, -0.2) is 0 Å². The molecular formula is C17H15N7O2. The Balaban J connectivity index is 1.70. The second kappa shape index (κ2) is 6.28. The van der Waals surface area contributed by atoms with Crippen LogP contribution in [0.25, 0.3) is 23.3 Å². The van der Waals surface area contributed by atoms with E-state index >= 15 is 0 Å². The van der Waals surface area contributed by atoms with Crippen LogP contribution in [-0.4, -0.2) is 32.1 Å². The van der Waals surface area contributed by atoms with Gasteiger partial charge >= 0.3 is 0 Å². The molecular weight excluding hydrogens is 334 g/mol. The number of furan rings is 1. The maximum atomic E-state index is 5.85. The van der Waals surface area contributed by atoms with E-state index < -0.39 is 0 Å². The average molecular weight is 349 g/mol. The molecule has 0 saturated heterocycles. The van der Waals surface area contributed by atoms with Gasteiger partial charge in [0, 0.05) is 12.7 Å². The molecule has 4 rings (SSSR count). The number of nitrogen functional groups attached to an aromatic ring is 1. The molecule has 3 aromatic heterocycles. The van der Waals surface area contributed by atoms with Crippen LogP contribution in [0.4, 0.5) is 17.6 Å². The molecule has 0 aliphatic heterocycles. The van der Waals surface area contributed by atoms with Crippen LogP contribution in [0.15, 0.2) is 51.6 Å². The van der Waals surface area contributed by atoms with Gasteiger partial charge in [-0.2, -0.15) is 19.9 Å². The highest BCUT2D eigenvalue weighted by atomic mass is 16.5. The lowest BCUT2D eigenvalue weighted by molar-refractivity contribution is 0.416. The number of hydrogen-bond acceptors (Lipinski definition) is 9. The molecule has 9 nitrogen and oxygen atoms in total. The van der Waals surface area contributed by atoms with Gasteiger partial charge in [0.15, 0.2) is 5.76 Å². The molecule has 0 aliphatic carbocycles. The number of rotatable bonds is 4. The van der Waals surface area contributed by atoms with E-state index in [0.29, 0.717) is 11.7 Å². The van der Waals surface area contributed by atoms with Gasteiger partial charge in [-0.05, 0) is 36.8 Å². The Hall–Kier alpha value is -3.75. The van der Waals surface area contributed by atoms with Gasteiger partial charge in [-0.3, -0.25) is 0 Å². The number of anilines is 3. The van der Waals surface area contributed by atoms with Gasteiger partial charge in [-0.1, -0.05) is 17.3 Å². The smallest absolute Gasteiger partial charge is 0.294 e. The Morgan fingerprint density at radius 1 is 1.00 bits per heavy atom. The molecule has 0 aliphatic rings. The molecule has 0 saturated carbocycles. The summed E-state index contributed by atoms with van der Waals surface area (Å²) in [4.78, 5) is 18.8. The zero-order chi connectivity index (χ0) is 18.1. The lowest BCUT2D eigenvalue weighted by Gasteiger charge is -2.17. The van der Waals surface area contributed by atoms with Crippen molar-refractivity contribution in [1.82, 2.24) is 25.1 Å². The van der Waals surface area contributed by atoms with E-state index in [1.165, 1.54) is 6.26 Å². The molecule has 9 heteroatoms. The summed E-state index contributed by atoms with van der Waals surface area (Å²) in [6.45, 7) is 2.01. The lowest BCUT2D eigenvalue weighted by Crippen LogP contribution is -2.15. The third kappa shape index (κ3) is 2.97. The van der Waals surface area contributed by atoms with Gasteiger partial charge in [-0.15, -0.1) is 0 Å². The fourth-order valence-electron chi connectivity index (χ4n) is 2.40. The first kappa shape index (κ1) is 15.8. The van der Waals surface area contributed by atoms with Crippen LogP contribution in [0.5, 0.6) is 0 Å². The molecule has 0 atom stereocenters. The predicted molar refractivity (Wildman–Crippen MR) is 94.5 cm³/mol. The van der Waals surface area contributed by atoms with Crippen LogP contribution < -0.4 is 10.6 Å². The summed E-state index contributed by atoms with van der Waals surface area (Å²) < 4.78 is 10.4. The van der Waals surface area contributed by atoms with Crippen molar-refractivity contribution in [3.05, 3.63) is 48.2 Å². The maximum absolute atomic E-state index is 5.85. The van der Waals surface area contributed by atoms with Gasteiger partial charge in [0.25, 0.3) is 5.89 Å². The molecule has 2 N–H and O–H groups in total. The van der Waals surface area contributed by atoms with Crippen molar-refractivity contribution >= 4 is 17.6 Å². The molecule has 1 aromatic carbocycles. The molecule has 26 heavy (non-hydrogen) atoms. The summed E-state index contributed by atoms with van der Waals surface area (Å²) in [5, 5.41) is 3.90. The third-order valence-corrected chi connectivity index (χ3v) is 3.69. The topological polar surface area (TPSA) is 120 Å². The third-order valence-electron chi connectivity index (χ3n) is 3.69.